The van der Waals surface area contributed by atoms with Crippen LogP contribution in [0.4, 0.5) is 0 Å². The van der Waals surface area contributed by atoms with Crippen LogP contribution >= 0.6 is 0 Å². The summed E-state index contributed by atoms with van der Waals surface area (Å²) >= 11 is 0. The van der Waals surface area contributed by atoms with E-state index < -0.39 is 0 Å². The van der Waals surface area contributed by atoms with Gasteiger partial charge in [0.15, 0.2) is 11.5 Å². The van der Waals surface area contributed by atoms with Gasteiger partial charge in [-0.15, -0.1) is 0 Å². The van der Waals surface area contributed by atoms with Crippen molar-refractivity contribution in [2.75, 3.05) is 34.5 Å². The largest absolute Gasteiger partial charge is 0.497 e. The third-order valence-corrected chi connectivity index (χ3v) is 6.73. The molecular weight excluding hydrogens is 454 g/mol. The van der Waals surface area contributed by atoms with Crippen LogP contribution in [0.1, 0.15) is 53.9 Å². The van der Waals surface area contributed by atoms with Gasteiger partial charge in [-0.25, -0.2) is 0 Å². The van der Waals surface area contributed by atoms with Crippen LogP contribution in [0, 0.1) is 0 Å². The Morgan fingerprint density at radius 2 is 1.47 bits per heavy atom. The summed E-state index contributed by atoms with van der Waals surface area (Å²) in [7, 11) is 4.89. The number of carbonyl (C=O) groups is 1. The van der Waals surface area contributed by atoms with Gasteiger partial charge in [-0.05, 0) is 77.1 Å². The summed E-state index contributed by atoms with van der Waals surface area (Å²) in [6, 6.07) is 19.1. The van der Waals surface area contributed by atoms with Crippen LogP contribution in [-0.4, -0.2) is 45.3 Å². The standard InChI is InChI=1S/C30H35NO5/c1-30(2,3)22-9-7-20(8-10-22)29(32)31-16-15-21-17-27(34-5)28(35-6)18-25(21)26(31)19-36-24-13-11-23(33-4)12-14-24/h7-14,17-18,26H,15-16,19H2,1-6H3. The number of ether oxygens (including phenoxy) is 4. The third kappa shape index (κ3) is 5.27. The molecule has 0 spiro atoms. The Labute approximate surface area is 213 Å². The summed E-state index contributed by atoms with van der Waals surface area (Å²) < 4.78 is 22.5. The van der Waals surface area contributed by atoms with Crippen LogP contribution in [0.25, 0.3) is 0 Å². The van der Waals surface area contributed by atoms with Gasteiger partial charge in [0.1, 0.15) is 18.1 Å². The number of benzene rings is 3. The zero-order valence-corrected chi connectivity index (χ0v) is 22.0. The molecule has 0 N–H and O–H groups in total. The first-order chi connectivity index (χ1) is 17.2. The average Bonchev–Trinajstić information content (AvgIpc) is 2.90. The topological polar surface area (TPSA) is 57.2 Å². The maximum absolute atomic E-state index is 13.8. The molecule has 0 aliphatic carbocycles. The van der Waals surface area contributed by atoms with Gasteiger partial charge >= 0.3 is 0 Å². The van der Waals surface area contributed by atoms with E-state index in [-0.39, 0.29) is 17.4 Å². The molecule has 0 saturated heterocycles. The lowest BCUT2D eigenvalue weighted by atomic mass is 9.86. The number of hydrogen-bond donors (Lipinski definition) is 0. The zero-order valence-electron chi connectivity index (χ0n) is 22.0. The van der Waals surface area contributed by atoms with Crippen LogP contribution < -0.4 is 18.9 Å². The Balaban J connectivity index is 1.67. The van der Waals surface area contributed by atoms with Gasteiger partial charge in [-0.2, -0.15) is 0 Å². The molecule has 1 amide bonds. The van der Waals surface area contributed by atoms with Crippen LogP contribution in [0.3, 0.4) is 0 Å². The van der Waals surface area contributed by atoms with Crippen LogP contribution in [0.5, 0.6) is 23.0 Å². The summed E-state index contributed by atoms with van der Waals surface area (Å²) in [5, 5.41) is 0. The van der Waals surface area contributed by atoms with E-state index in [9.17, 15) is 4.79 Å². The Bertz CT molecular complexity index is 1200. The molecule has 3 aromatic rings. The second-order valence-electron chi connectivity index (χ2n) is 9.98. The van der Waals surface area contributed by atoms with Crippen molar-refractivity contribution in [2.24, 2.45) is 0 Å². The van der Waals surface area contributed by atoms with Gasteiger partial charge in [0.05, 0.1) is 27.4 Å². The highest BCUT2D eigenvalue weighted by Gasteiger charge is 2.33. The van der Waals surface area contributed by atoms with Crippen molar-refractivity contribution in [1.29, 1.82) is 0 Å². The molecule has 1 heterocycles. The molecule has 1 aliphatic heterocycles. The molecule has 190 valence electrons. The molecule has 1 unspecified atom stereocenters. The van der Waals surface area contributed by atoms with E-state index in [1.807, 2.05) is 65.6 Å². The highest BCUT2D eigenvalue weighted by Crippen LogP contribution is 2.39. The van der Waals surface area contributed by atoms with E-state index in [2.05, 4.69) is 20.8 Å². The van der Waals surface area contributed by atoms with E-state index in [4.69, 9.17) is 18.9 Å². The molecular formula is C30H35NO5. The molecule has 1 atom stereocenters. The van der Waals surface area contributed by atoms with E-state index in [0.717, 1.165) is 23.3 Å². The Hall–Kier alpha value is -3.67. The molecule has 3 aromatic carbocycles. The van der Waals surface area contributed by atoms with Crippen molar-refractivity contribution < 1.29 is 23.7 Å². The summed E-state index contributed by atoms with van der Waals surface area (Å²) in [4.78, 5) is 15.7. The van der Waals surface area contributed by atoms with Crippen LogP contribution in [0.2, 0.25) is 0 Å². The highest BCUT2D eigenvalue weighted by molar-refractivity contribution is 5.94. The van der Waals surface area contributed by atoms with Crippen LogP contribution in [0.15, 0.2) is 60.7 Å². The SMILES string of the molecule is COc1ccc(OCC2c3cc(OC)c(OC)cc3CCN2C(=O)c2ccc(C(C)(C)C)cc2)cc1. The maximum atomic E-state index is 13.8. The van der Waals surface area contributed by atoms with Gasteiger partial charge in [0.2, 0.25) is 0 Å². The molecule has 36 heavy (non-hydrogen) atoms. The summed E-state index contributed by atoms with van der Waals surface area (Å²) in [5.41, 5.74) is 4.02. The fraction of sp³-hybridized carbons (Fsp3) is 0.367. The summed E-state index contributed by atoms with van der Waals surface area (Å²) in [6.07, 6.45) is 0.723. The average molecular weight is 490 g/mol. The van der Waals surface area contributed by atoms with Gasteiger partial charge in [0.25, 0.3) is 5.91 Å². The van der Waals surface area contributed by atoms with Crippen molar-refractivity contribution >= 4 is 5.91 Å². The fourth-order valence-electron chi connectivity index (χ4n) is 4.58. The maximum Gasteiger partial charge on any atom is 0.254 e. The summed E-state index contributed by atoms with van der Waals surface area (Å²) in [5.74, 6) is 2.78. The number of amides is 1. The van der Waals surface area contributed by atoms with E-state index in [0.29, 0.717) is 36.0 Å². The highest BCUT2D eigenvalue weighted by atomic mass is 16.5. The zero-order chi connectivity index (χ0) is 25.9. The first-order valence-corrected chi connectivity index (χ1v) is 12.2. The predicted octanol–water partition coefficient (Wildman–Crippen LogP) is 5.83. The molecule has 0 aromatic heterocycles. The minimum Gasteiger partial charge on any atom is -0.497 e. The third-order valence-electron chi connectivity index (χ3n) is 6.73. The second kappa shape index (κ2) is 10.5. The number of carbonyl (C=O) groups excluding carboxylic acids is 1. The number of methoxy groups -OCH3 is 3. The van der Waals surface area contributed by atoms with E-state index >= 15 is 0 Å². The Kier molecular flexibility index (Phi) is 7.43. The molecule has 4 rings (SSSR count). The fourth-order valence-corrected chi connectivity index (χ4v) is 4.58. The van der Waals surface area contributed by atoms with Gasteiger partial charge in [-0.3, -0.25) is 4.79 Å². The second-order valence-corrected chi connectivity index (χ2v) is 9.98. The Morgan fingerprint density at radius 1 is 0.861 bits per heavy atom. The minimum atomic E-state index is -0.287. The van der Waals surface area contributed by atoms with Crippen LogP contribution in [-0.2, 0) is 11.8 Å². The van der Waals surface area contributed by atoms with Gasteiger partial charge in [-0.1, -0.05) is 32.9 Å². The van der Waals surface area contributed by atoms with E-state index in [1.54, 1.807) is 21.3 Å². The number of rotatable bonds is 7. The van der Waals surface area contributed by atoms with Crippen molar-refractivity contribution in [3.63, 3.8) is 0 Å². The van der Waals surface area contributed by atoms with Crippen molar-refractivity contribution in [2.45, 2.75) is 38.6 Å². The molecule has 0 fully saturated rings. The van der Waals surface area contributed by atoms with Crippen molar-refractivity contribution in [3.05, 3.63) is 82.9 Å². The van der Waals surface area contributed by atoms with E-state index in [1.165, 1.54) is 5.56 Å². The Morgan fingerprint density at radius 3 is 2.06 bits per heavy atom. The van der Waals surface area contributed by atoms with Gasteiger partial charge < -0.3 is 23.8 Å². The molecule has 0 saturated carbocycles. The number of hydrogen-bond acceptors (Lipinski definition) is 5. The lowest BCUT2D eigenvalue weighted by molar-refractivity contribution is 0.0589. The summed E-state index contributed by atoms with van der Waals surface area (Å²) in [6.45, 7) is 7.39. The van der Waals surface area contributed by atoms with Crippen molar-refractivity contribution in [3.8, 4) is 23.0 Å². The minimum absolute atomic E-state index is 0.0146. The molecule has 0 radical (unpaired) electrons. The molecule has 0 bridgehead atoms. The first kappa shape index (κ1) is 25.4. The van der Waals surface area contributed by atoms with Gasteiger partial charge in [0, 0.05) is 12.1 Å². The van der Waals surface area contributed by atoms with Crippen molar-refractivity contribution in [1.82, 2.24) is 4.90 Å². The predicted molar refractivity (Wildman–Crippen MR) is 141 cm³/mol. The lowest BCUT2D eigenvalue weighted by Gasteiger charge is -2.37. The monoisotopic (exact) mass is 489 g/mol. The first-order valence-electron chi connectivity index (χ1n) is 12.2. The lowest BCUT2D eigenvalue weighted by Crippen LogP contribution is -2.42. The smallest absolute Gasteiger partial charge is 0.254 e. The number of fused-ring (bicyclic) bond motifs is 1. The molecule has 1 aliphatic rings. The quantitative estimate of drug-likeness (QED) is 0.418. The molecule has 6 heteroatoms. The molecule has 6 nitrogen and oxygen atoms in total. The normalized spacial score (nSPS) is 15.2. The number of nitrogens with zero attached hydrogens (tertiary/aromatic N) is 1.